The van der Waals surface area contributed by atoms with E-state index in [1.165, 1.54) is 22.7 Å². The number of carboxylic acid groups (broad SMARTS) is 1. The second-order valence-electron chi connectivity index (χ2n) is 19.3. The molecule has 3 aliphatic carbocycles. The Kier molecular flexibility index (Phi) is 13.1. The maximum atomic E-state index is 14.8. The Morgan fingerprint density at radius 1 is 1.02 bits per heavy atom. The summed E-state index contributed by atoms with van der Waals surface area (Å²) in [6.07, 6.45) is 4.97. The van der Waals surface area contributed by atoms with E-state index in [2.05, 4.69) is 16.0 Å². The maximum absolute atomic E-state index is 14.8. The van der Waals surface area contributed by atoms with Gasteiger partial charge in [0.2, 0.25) is 11.8 Å². The lowest BCUT2D eigenvalue weighted by atomic mass is 9.85. The van der Waals surface area contributed by atoms with Crippen LogP contribution in [0.5, 0.6) is 11.5 Å². The maximum Gasteiger partial charge on any atom is 0.408 e. The van der Waals surface area contributed by atoms with E-state index in [1.54, 1.807) is 0 Å². The highest BCUT2D eigenvalue weighted by molar-refractivity contribution is 7.14. The normalized spacial score (nSPS) is 28.0. The summed E-state index contributed by atoms with van der Waals surface area (Å²) in [6.45, 7) is 12.9. The predicted molar refractivity (Wildman–Crippen MR) is 236 cm³/mol. The number of amides is 3. The molecule has 8 rings (SSSR count). The molecule has 2 aliphatic heterocycles. The lowest BCUT2D eigenvalue weighted by molar-refractivity contribution is -0.165. The fraction of sp³-hybridized carbons (Fsp3) is 0.652. The molecule has 9 atom stereocenters. The fourth-order valence-corrected chi connectivity index (χ4v) is 10.3. The summed E-state index contributed by atoms with van der Waals surface area (Å²) in [7, 11) is 0. The number of ether oxygens (including phenoxy) is 5. The minimum atomic E-state index is -1.41. The van der Waals surface area contributed by atoms with E-state index in [0.717, 1.165) is 37.2 Å². The number of nitrogens with zero attached hydrogens (tertiary/aromatic N) is 3. The quantitative estimate of drug-likeness (QED) is 0.104. The summed E-state index contributed by atoms with van der Waals surface area (Å²) in [5, 5.41) is 22.6. The number of carbonyl (C=O) groups is 4. The second-order valence-corrected chi connectivity index (χ2v) is 20.1. The van der Waals surface area contributed by atoms with Gasteiger partial charge in [-0.15, -0.1) is 11.3 Å². The number of pyridine rings is 1. The number of carboxylic acids is 1. The Hall–Kier alpha value is -4.74. The number of fused-ring (bicyclic) bond motifs is 2. The highest BCUT2D eigenvalue weighted by Crippen LogP contribution is 2.52. The molecule has 4 N–H and O–H groups in total. The first-order valence-corrected chi connectivity index (χ1v) is 23.5. The van der Waals surface area contributed by atoms with Crippen molar-refractivity contribution in [1.82, 2.24) is 25.5 Å². The van der Waals surface area contributed by atoms with Crippen molar-refractivity contribution in [2.24, 2.45) is 23.2 Å². The molecule has 2 aromatic heterocycles. The molecule has 0 spiro atoms. The monoisotopic (exact) mass is 890 g/mol. The van der Waals surface area contributed by atoms with E-state index in [9.17, 15) is 24.3 Å². The number of nitrogens with one attached hydrogen (secondary N) is 3. The Morgan fingerprint density at radius 3 is 2.49 bits per heavy atom. The molecular formula is C46H62N6O10S. The number of hydrogen-bond donors (Lipinski definition) is 4. The first-order chi connectivity index (χ1) is 30.1. The van der Waals surface area contributed by atoms with Crippen LogP contribution >= 0.6 is 11.3 Å². The van der Waals surface area contributed by atoms with Gasteiger partial charge in [-0.3, -0.25) is 9.59 Å². The fourth-order valence-electron chi connectivity index (χ4n) is 9.40. The zero-order valence-corrected chi connectivity index (χ0v) is 38.0. The molecule has 63 heavy (non-hydrogen) atoms. The molecule has 5 fully saturated rings. The van der Waals surface area contributed by atoms with Crippen LogP contribution in [-0.2, 0) is 28.6 Å². The molecule has 2 unspecified atom stereocenters. The van der Waals surface area contributed by atoms with Crippen molar-refractivity contribution in [3.05, 3.63) is 29.6 Å². The number of alkyl carbamates (subject to hydrolysis) is 1. The van der Waals surface area contributed by atoms with Gasteiger partial charge in [-0.1, -0.05) is 34.1 Å². The highest BCUT2D eigenvalue weighted by atomic mass is 32.1. The van der Waals surface area contributed by atoms with Crippen LogP contribution in [0.15, 0.2) is 29.6 Å². The number of carbonyl (C=O) groups excluding carboxylic acids is 3. The van der Waals surface area contributed by atoms with Crippen LogP contribution in [0.2, 0.25) is 0 Å². The summed E-state index contributed by atoms with van der Waals surface area (Å²) in [5.74, 6) is -0.144. The molecule has 3 saturated carbocycles. The lowest BCUT2D eigenvalue weighted by Crippen LogP contribution is -2.59. The van der Waals surface area contributed by atoms with Crippen LogP contribution in [0.4, 0.5) is 9.93 Å². The Labute approximate surface area is 372 Å². The third-order valence-electron chi connectivity index (χ3n) is 13.0. The molecule has 3 aromatic rings. The number of rotatable bonds is 17. The van der Waals surface area contributed by atoms with Crippen molar-refractivity contribution in [3.63, 3.8) is 0 Å². The van der Waals surface area contributed by atoms with Crippen molar-refractivity contribution >= 4 is 51.2 Å². The van der Waals surface area contributed by atoms with E-state index >= 15 is 0 Å². The zero-order valence-electron chi connectivity index (χ0n) is 37.1. The number of benzene rings is 1. The van der Waals surface area contributed by atoms with Gasteiger partial charge in [-0.2, -0.15) is 0 Å². The van der Waals surface area contributed by atoms with Crippen molar-refractivity contribution in [2.45, 2.75) is 141 Å². The molecule has 5 aliphatic rings. The largest absolute Gasteiger partial charge is 0.491 e. The third kappa shape index (κ3) is 10.3. The van der Waals surface area contributed by atoms with Gasteiger partial charge >= 0.3 is 12.1 Å². The molecular weight excluding hydrogens is 829 g/mol. The van der Waals surface area contributed by atoms with Crippen LogP contribution in [0.1, 0.15) is 99.3 Å². The number of aliphatic carboxylic acids is 1. The number of likely N-dealkylation sites (tertiary alicyclic amines) is 1. The SMILES string of the molecule is CC[C@@H]1C[C@]1(NC(=O)[C@@H]1C[C@@H](Oc2cc(-c3csc(NC(C)C)n3)nc3cc(OCCOC4CCCCO4)ccc23)CN1C(=O)[C@@H](NC(=O)OC1C[C@@H]2C[C@@H]2C1)C(C)(C)C)C(=O)O. The van der Waals surface area contributed by atoms with E-state index in [0.29, 0.717) is 78.3 Å². The summed E-state index contributed by atoms with van der Waals surface area (Å²) in [5.41, 5.74) is -0.408. The average Bonchev–Trinajstić information content (AvgIpc) is 3.91. The number of anilines is 1. The molecule has 342 valence electrons. The van der Waals surface area contributed by atoms with Gasteiger partial charge in [0, 0.05) is 42.0 Å². The van der Waals surface area contributed by atoms with E-state index in [1.807, 2.05) is 71.2 Å². The Morgan fingerprint density at radius 2 is 1.81 bits per heavy atom. The van der Waals surface area contributed by atoms with E-state index in [-0.39, 0.29) is 37.3 Å². The topological polar surface area (TPSA) is 200 Å². The van der Waals surface area contributed by atoms with Gasteiger partial charge in [0.15, 0.2) is 11.4 Å². The molecule has 1 aromatic carbocycles. The summed E-state index contributed by atoms with van der Waals surface area (Å²) in [6, 6.07) is 5.38. The van der Waals surface area contributed by atoms with Gasteiger partial charge in [0.05, 0.1) is 24.4 Å². The summed E-state index contributed by atoms with van der Waals surface area (Å²) >= 11 is 1.46. The van der Waals surface area contributed by atoms with Crippen LogP contribution in [0.25, 0.3) is 22.3 Å². The lowest BCUT2D eigenvalue weighted by Gasteiger charge is -2.35. The van der Waals surface area contributed by atoms with Crippen molar-refractivity contribution in [2.75, 3.05) is 31.7 Å². The molecule has 16 nitrogen and oxygen atoms in total. The van der Waals surface area contributed by atoms with Crippen molar-refractivity contribution in [3.8, 4) is 22.9 Å². The second kappa shape index (κ2) is 18.4. The summed E-state index contributed by atoms with van der Waals surface area (Å²) in [4.78, 5) is 66.2. The first-order valence-electron chi connectivity index (χ1n) is 22.6. The van der Waals surface area contributed by atoms with Crippen LogP contribution in [0.3, 0.4) is 0 Å². The van der Waals surface area contributed by atoms with Gasteiger partial charge in [-0.25, -0.2) is 19.6 Å². The van der Waals surface area contributed by atoms with Crippen molar-refractivity contribution in [1.29, 1.82) is 0 Å². The third-order valence-corrected chi connectivity index (χ3v) is 13.8. The molecule has 2 saturated heterocycles. The van der Waals surface area contributed by atoms with E-state index in [4.69, 9.17) is 33.7 Å². The smallest absolute Gasteiger partial charge is 0.408 e. The molecule has 3 amide bonds. The number of thiazole rings is 1. The van der Waals surface area contributed by atoms with E-state index < -0.39 is 53.0 Å². The standard InChI is InChI=1S/C46H62N6O10S/c1-7-28-22-46(28,42(55)56)51-40(53)36-20-31(23-52(36)41(54)39(45(4,5)6)50-44(57)62-30-17-26-16-27(26)18-30)61-37-21-34(35-24-63-43(49-35)47-25(2)3)48-33-19-29(11-12-32(33)37)58-14-15-60-38-10-8-9-13-59-38/h11-12,19,21,24-28,30-31,36,38-39H,7-10,13-18,20,22-23H2,1-6H3,(H,47,49)(H,50,57)(H,51,53)(H,55,56)/t26-,27+,28-,30?,31-,36+,38?,39-,46-/m1/s1. The minimum Gasteiger partial charge on any atom is -0.491 e. The van der Waals surface area contributed by atoms with Crippen molar-refractivity contribution < 1.29 is 48.0 Å². The van der Waals surface area contributed by atoms with Crippen LogP contribution < -0.4 is 25.4 Å². The van der Waals surface area contributed by atoms with Crippen LogP contribution in [-0.4, -0.2) is 112 Å². The zero-order chi connectivity index (χ0) is 44.6. The van der Waals surface area contributed by atoms with Gasteiger partial charge in [0.1, 0.15) is 53.6 Å². The van der Waals surface area contributed by atoms with Gasteiger partial charge in [0.25, 0.3) is 0 Å². The predicted octanol–water partition coefficient (Wildman–Crippen LogP) is 6.76. The average molecular weight is 891 g/mol. The molecule has 4 heterocycles. The first kappa shape index (κ1) is 44.9. The molecule has 17 heteroatoms. The highest BCUT2D eigenvalue weighted by Gasteiger charge is 2.61. The minimum absolute atomic E-state index is 0.00625. The van der Waals surface area contributed by atoms with Gasteiger partial charge in [-0.05, 0) is 94.1 Å². The molecule has 0 radical (unpaired) electrons. The van der Waals surface area contributed by atoms with Gasteiger partial charge < -0.3 is 49.6 Å². The Bertz CT molecular complexity index is 2160. The van der Waals surface area contributed by atoms with Crippen LogP contribution in [0, 0.1) is 23.2 Å². The molecule has 0 bridgehead atoms. The Balaban J connectivity index is 1.06. The summed E-state index contributed by atoms with van der Waals surface area (Å²) < 4.78 is 30.3. The number of aromatic nitrogens is 2. The number of hydrogen-bond acceptors (Lipinski definition) is 13.